The highest BCUT2D eigenvalue weighted by Crippen LogP contribution is 2.30. The molecule has 1 N–H and O–H groups in total. The van der Waals surface area contributed by atoms with E-state index in [1.807, 2.05) is 41.3 Å². The number of aromatic nitrogens is 2. The van der Waals surface area contributed by atoms with E-state index in [0.29, 0.717) is 17.8 Å². The Hall–Kier alpha value is -3.59. The van der Waals surface area contributed by atoms with E-state index in [1.54, 1.807) is 25.3 Å². The van der Waals surface area contributed by atoms with Crippen molar-refractivity contribution < 1.29 is 9.53 Å². The van der Waals surface area contributed by atoms with Gasteiger partial charge in [0.15, 0.2) is 0 Å². The molecule has 0 unspecified atom stereocenters. The van der Waals surface area contributed by atoms with E-state index in [9.17, 15) is 4.79 Å². The van der Waals surface area contributed by atoms with Gasteiger partial charge < -0.3 is 9.64 Å². The molecule has 1 amide bonds. The molecule has 2 aromatic carbocycles. The lowest BCUT2D eigenvalue weighted by atomic mass is 10.1. The van der Waals surface area contributed by atoms with Gasteiger partial charge in [-0.3, -0.25) is 9.89 Å². The van der Waals surface area contributed by atoms with E-state index in [1.165, 1.54) is 0 Å². The average molecular weight is 372 g/mol. The Morgan fingerprint density at radius 1 is 1.21 bits per heavy atom. The van der Waals surface area contributed by atoms with Gasteiger partial charge in [0.05, 0.1) is 24.4 Å². The monoisotopic (exact) mass is 372 g/mol. The summed E-state index contributed by atoms with van der Waals surface area (Å²) >= 11 is 0. The number of nitrogens with one attached hydrogen (secondary N) is 1. The van der Waals surface area contributed by atoms with Crippen molar-refractivity contribution in [2.24, 2.45) is 0 Å². The highest BCUT2D eigenvalue weighted by atomic mass is 16.5. The number of hydrogen-bond donors (Lipinski definition) is 1. The topological polar surface area (TPSA) is 82.0 Å². The molecule has 1 fully saturated rings. The molecule has 1 saturated carbocycles. The largest absolute Gasteiger partial charge is 0.497 e. The number of carbonyl (C=O) groups is 1. The minimum Gasteiger partial charge on any atom is -0.497 e. The van der Waals surface area contributed by atoms with Crippen molar-refractivity contribution in [1.82, 2.24) is 15.1 Å². The first-order valence-corrected chi connectivity index (χ1v) is 9.18. The number of rotatable bonds is 6. The first-order valence-electron chi connectivity index (χ1n) is 9.18. The van der Waals surface area contributed by atoms with Crippen LogP contribution in [0.25, 0.3) is 11.3 Å². The van der Waals surface area contributed by atoms with Crippen LogP contribution in [0.3, 0.4) is 0 Å². The molecule has 4 rings (SSSR count). The van der Waals surface area contributed by atoms with E-state index in [-0.39, 0.29) is 11.9 Å². The van der Waals surface area contributed by atoms with Crippen molar-refractivity contribution in [3.8, 4) is 23.1 Å². The molecule has 140 valence electrons. The fraction of sp³-hybridized carbons (Fsp3) is 0.227. The molecule has 0 saturated heterocycles. The zero-order valence-corrected chi connectivity index (χ0v) is 15.6. The molecular formula is C22H20N4O2. The van der Waals surface area contributed by atoms with Crippen molar-refractivity contribution >= 4 is 5.91 Å². The number of H-pyrrole nitrogens is 1. The molecule has 1 aliphatic carbocycles. The summed E-state index contributed by atoms with van der Waals surface area (Å²) in [6.45, 7) is 0.520. The summed E-state index contributed by atoms with van der Waals surface area (Å²) in [5, 5.41) is 16.1. The van der Waals surface area contributed by atoms with Crippen LogP contribution >= 0.6 is 0 Å². The van der Waals surface area contributed by atoms with Gasteiger partial charge in [-0.25, -0.2) is 0 Å². The van der Waals surface area contributed by atoms with E-state index in [4.69, 9.17) is 10.00 Å². The van der Waals surface area contributed by atoms with Crippen molar-refractivity contribution in [3.63, 3.8) is 0 Å². The SMILES string of the molecule is COc1ccc(-c2cc(C(=O)N(Cc3ccc(C#N)cc3)C3CC3)[nH]n2)cc1. The Morgan fingerprint density at radius 3 is 2.54 bits per heavy atom. The lowest BCUT2D eigenvalue weighted by molar-refractivity contribution is 0.0724. The molecule has 3 aromatic rings. The first-order chi connectivity index (χ1) is 13.7. The van der Waals surface area contributed by atoms with Gasteiger partial charge in [-0.2, -0.15) is 10.4 Å². The highest BCUT2D eigenvalue weighted by molar-refractivity contribution is 5.93. The Bertz CT molecular complexity index is 1010. The number of hydrogen-bond acceptors (Lipinski definition) is 4. The van der Waals surface area contributed by atoms with Gasteiger partial charge in [0.2, 0.25) is 0 Å². The minimum absolute atomic E-state index is 0.0564. The second-order valence-corrected chi connectivity index (χ2v) is 6.87. The van der Waals surface area contributed by atoms with Gasteiger partial charge in [-0.15, -0.1) is 0 Å². The molecule has 0 aliphatic heterocycles. The number of methoxy groups -OCH3 is 1. The lowest BCUT2D eigenvalue weighted by Gasteiger charge is -2.21. The molecule has 6 heteroatoms. The van der Waals surface area contributed by atoms with Gasteiger partial charge in [0, 0.05) is 18.2 Å². The Kier molecular flexibility index (Phi) is 4.81. The lowest BCUT2D eigenvalue weighted by Crippen LogP contribution is -2.32. The van der Waals surface area contributed by atoms with Crippen LogP contribution in [0.4, 0.5) is 0 Å². The maximum Gasteiger partial charge on any atom is 0.272 e. The predicted octanol–water partition coefficient (Wildman–Crippen LogP) is 3.76. The Balaban J connectivity index is 1.52. The number of ether oxygens (including phenoxy) is 1. The normalized spacial score (nSPS) is 13.0. The summed E-state index contributed by atoms with van der Waals surface area (Å²) in [4.78, 5) is 15.0. The standard InChI is InChI=1S/C22H20N4O2/c1-28-19-10-6-17(7-11-19)20-12-21(25-24-20)22(27)26(18-8-9-18)14-16-4-2-15(13-23)3-5-16/h2-7,10-12,18H,8-9,14H2,1H3,(H,24,25). The fourth-order valence-corrected chi connectivity index (χ4v) is 3.13. The van der Waals surface area contributed by atoms with Gasteiger partial charge in [0.1, 0.15) is 11.4 Å². The van der Waals surface area contributed by atoms with Crippen LogP contribution in [-0.2, 0) is 6.54 Å². The van der Waals surface area contributed by atoms with Crippen LogP contribution < -0.4 is 4.74 Å². The van der Waals surface area contributed by atoms with Crippen LogP contribution in [-0.4, -0.2) is 34.2 Å². The molecule has 0 spiro atoms. The van der Waals surface area contributed by atoms with E-state index < -0.39 is 0 Å². The Morgan fingerprint density at radius 2 is 1.93 bits per heavy atom. The number of aromatic amines is 1. The van der Waals surface area contributed by atoms with Crippen LogP contribution in [0.15, 0.2) is 54.6 Å². The van der Waals surface area contributed by atoms with Crippen molar-refractivity contribution in [2.75, 3.05) is 7.11 Å². The van der Waals surface area contributed by atoms with Crippen LogP contribution in [0.5, 0.6) is 5.75 Å². The first kappa shape index (κ1) is 17.8. The molecule has 1 aliphatic rings. The summed E-state index contributed by atoms with van der Waals surface area (Å²) in [5.41, 5.74) is 3.74. The van der Waals surface area contributed by atoms with Crippen molar-refractivity contribution in [1.29, 1.82) is 5.26 Å². The molecule has 1 aromatic heterocycles. The summed E-state index contributed by atoms with van der Waals surface area (Å²) in [6.07, 6.45) is 2.03. The summed E-state index contributed by atoms with van der Waals surface area (Å²) in [6, 6.07) is 19.1. The fourth-order valence-electron chi connectivity index (χ4n) is 3.13. The van der Waals surface area contributed by atoms with Crippen molar-refractivity contribution in [2.45, 2.75) is 25.4 Å². The third-order valence-corrected chi connectivity index (χ3v) is 4.88. The number of amides is 1. The highest BCUT2D eigenvalue weighted by Gasteiger charge is 2.33. The van der Waals surface area contributed by atoms with Crippen molar-refractivity contribution in [3.05, 3.63) is 71.4 Å². The van der Waals surface area contributed by atoms with Gasteiger partial charge in [-0.05, 0) is 60.9 Å². The smallest absolute Gasteiger partial charge is 0.272 e. The summed E-state index contributed by atoms with van der Waals surface area (Å²) < 4.78 is 5.18. The second kappa shape index (κ2) is 7.57. The zero-order chi connectivity index (χ0) is 19.5. The average Bonchev–Trinajstić information content (AvgIpc) is 3.47. The maximum absolute atomic E-state index is 13.1. The maximum atomic E-state index is 13.1. The molecule has 0 radical (unpaired) electrons. The number of carbonyl (C=O) groups excluding carboxylic acids is 1. The number of benzene rings is 2. The quantitative estimate of drug-likeness (QED) is 0.714. The number of nitriles is 1. The van der Waals surface area contributed by atoms with E-state index in [0.717, 1.165) is 35.4 Å². The summed E-state index contributed by atoms with van der Waals surface area (Å²) in [7, 11) is 1.63. The third-order valence-electron chi connectivity index (χ3n) is 4.88. The Labute approximate surface area is 163 Å². The van der Waals surface area contributed by atoms with Gasteiger partial charge >= 0.3 is 0 Å². The zero-order valence-electron chi connectivity index (χ0n) is 15.6. The van der Waals surface area contributed by atoms with Crippen LogP contribution in [0.1, 0.15) is 34.5 Å². The molecular weight excluding hydrogens is 352 g/mol. The van der Waals surface area contributed by atoms with Crippen LogP contribution in [0, 0.1) is 11.3 Å². The second-order valence-electron chi connectivity index (χ2n) is 6.87. The molecule has 0 bridgehead atoms. The molecule has 6 nitrogen and oxygen atoms in total. The molecule has 1 heterocycles. The molecule has 0 atom stereocenters. The third kappa shape index (κ3) is 3.74. The van der Waals surface area contributed by atoms with E-state index in [2.05, 4.69) is 16.3 Å². The van der Waals surface area contributed by atoms with Gasteiger partial charge in [0.25, 0.3) is 5.91 Å². The predicted molar refractivity (Wildman–Crippen MR) is 105 cm³/mol. The van der Waals surface area contributed by atoms with Crippen LogP contribution in [0.2, 0.25) is 0 Å². The summed E-state index contributed by atoms with van der Waals surface area (Å²) in [5.74, 6) is 0.719. The van der Waals surface area contributed by atoms with E-state index >= 15 is 0 Å². The molecule has 28 heavy (non-hydrogen) atoms. The number of nitrogens with zero attached hydrogens (tertiary/aromatic N) is 3. The van der Waals surface area contributed by atoms with Gasteiger partial charge in [-0.1, -0.05) is 12.1 Å². The minimum atomic E-state index is -0.0564.